The smallest absolute Gasteiger partial charge is 0.263 e. The average molecular weight is 454 g/mol. The second-order valence-electron chi connectivity index (χ2n) is 5.43. The molecule has 0 aliphatic heterocycles. The summed E-state index contributed by atoms with van der Waals surface area (Å²) < 4.78 is 27.0. The number of hydrogen-bond acceptors (Lipinski definition) is 5. The van der Waals surface area contributed by atoms with Crippen molar-refractivity contribution in [3.8, 4) is 0 Å². The first kappa shape index (κ1) is 20.3. The number of amides is 1. The van der Waals surface area contributed by atoms with Crippen molar-refractivity contribution in [1.29, 1.82) is 0 Å². The molecule has 10 heteroatoms. The highest BCUT2D eigenvalue weighted by Crippen LogP contribution is 2.25. The zero-order chi connectivity index (χ0) is 20.1. The van der Waals surface area contributed by atoms with E-state index in [1.165, 1.54) is 54.0 Å². The number of sulfonamides is 1. The van der Waals surface area contributed by atoms with E-state index in [9.17, 15) is 13.2 Å². The zero-order valence-corrected chi connectivity index (χ0v) is 17.2. The van der Waals surface area contributed by atoms with E-state index in [1.807, 2.05) is 0 Å². The van der Waals surface area contributed by atoms with E-state index in [0.717, 1.165) is 0 Å². The number of thiazole rings is 1. The summed E-state index contributed by atoms with van der Waals surface area (Å²) in [5.41, 5.74) is 0.976. The molecular formula is C18H13Cl2N3O3S2. The number of carbonyl (C=O) groups is 1. The lowest BCUT2D eigenvalue weighted by Gasteiger charge is -2.07. The largest absolute Gasteiger partial charge is 0.323 e. The maximum Gasteiger partial charge on any atom is 0.263 e. The summed E-state index contributed by atoms with van der Waals surface area (Å²) >= 11 is 13.3. The summed E-state index contributed by atoms with van der Waals surface area (Å²) in [5, 5.41) is 5.44. The van der Waals surface area contributed by atoms with Crippen LogP contribution in [-0.2, 0) is 14.8 Å². The minimum Gasteiger partial charge on any atom is -0.323 e. The number of aromatic nitrogens is 1. The quantitative estimate of drug-likeness (QED) is 0.519. The number of anilines is 2. The fourth-order valence-corrected chi connectivity index (χ4v) is 4.49. The Morgan fingerprint density at radius 2 is 1.75 bits per heavy atom. The Kier molecular flexibility index (Phi) is 6.35. The highest BCUT2D eigenvalue weighted by Gasteiger charge is 2.15. The van der Waals surface area contributed by atoms with Crippen molar-refractivity contribution < 1.29 is 13.2 Å². The molecule has 0 bridgehead atoms. The van der Waals surface area contributed by atoms with Crippen molar-refractivity contribution in [2.45, 2.75) is 4.90 Å². The molecule has 0 fully saturated rings. The summed E-state index contributed by atoms with van der Waals surface area (Å²) in [6.45, 7) is 0. The maximum atomic E-state index is 12.3. The molecule has 0 atom stereocenters. The molecule has 1 aromatic heterocycles. The number of halogens is 2. The van der Waals surface area contributed by atoms with Crippen molar-refractivity contribution in [2.75, 3.05) is 10.0 Å². The van der Waals surface area contributed by atoms with E-state index in [0.29, 0.717) is 21.3 Å². The third-order valence-electron chi connectivity index (χ3n) is 3.49. The van der Waals surface area contributed by atoms with Gasteiger partial charge in [-0.1, -0.05) is 29.3 Å². The Morgan fingerprint density at radius 1 is 1.07 bits per heavy atom. The molecule has 0 saturated carbocycles. The summed E-state index contributed by atoms with van der Waals surface area (Å²) in [7, 11) is -3.74. The molecule has 0 aliphatic carbocycles. The van der Waals surface area contributed by atoms with Gasteiger partial charge in [-0.3, -0.25) is 9.52 Å². The van der Waals surface area contributed by atoms with E-state index < -0.39 is 15.9 Å². The van der Waals surface area contributed by atoms with E-state index >= 15 is 0 Å². The Bertz CT molecular complexity index is 1090. The third kappa shape index (κ3) is 5.11. The monoisotopic (exact) mass is 453 g/mol. The minimum atomic E-state index is -3.74. The standard InChI is InChI=1S/C18H13Cl2N3O3S2/c19-15-2-1-3-16(20)14(15)8-9-17(24)22-12-4-6-13(7-5-12)28(25,26)23-18-21-10-11-27-18/h1-11H,(H,21,23)(H,22,24). The second kappa shape index (κ2) is 8.74. The number of hydrogen-bond donors (Lipinski definition) is 2. The van der Waals surface area contributed by atoms with Gasteiger partial charge in [-0.25, -0.2) is 13.4 Å². The van der Waals surface area contributed by atoms with Crippen LogP contribution in [0.1, 0.15) is 5.56 Å². The van der Waals surface area contributed by atoms with Crippen LogP contribution >= 0.6 is 34.5 Å². The predicted octanol–water partition coefficient (Wildman–Crippen LogP) is 4.90. The molecular weight excluding hydrogens is 441 g/mol. The molecule has 0 aliphatic rings. The average Bonchev–Trinajstić information content (AvgIpc) is 3.14. The van der Waals surface area contributed by atoms with Gasteiger partial charge in [-0.2, -0.15) is 0 Å². The Labute approximate surface area is 175 Å². The van der Waals surface area contributed by atoms with Gasteiger partial charge < -0.3 is 5.32 Å². The molecule has 0 radical (unpaired) electrons. The first-order valence-corrected chi connectivity index (χ1v) is 10.9. The molecule has 3 aromatic rings. The number of rotatable bonds is 6. The van der Waals surface area contributed by atoms with E-state index in [-0.39, 0.29) is 10.0 Å². The Morgan fingerprint density at radius 3 is 2.36 bits per heavy atom. The number of nitrogens with zero attached hydrogens (tertiary/aromatic N) is 1. The third-order valence-corrected chi connectivity index (χ3v) is 6.32. The fraction of sp³-hybridized carbons (Fsp3) is 0. The molecule has 2 N–H and O–H groups in total. The Balaban J connectivity index is 1.67. The van der Waals surface area contributed by atoms with E-state index in [1.54, 1.807) is 23.6 Å². The predicted molar refractivity (Wildman–Crippen MR) is 113 cm³/mol. The minimum absolute atomic E-state index is 0.0547. The van der Waals surface area contributed by atoms with Gasteiger partial charge >= 0.3 is 0 Å². The van der Waals surface area contributed by atoms with Gasteiger partial charge in [0.25, 0.3) is 10.0 Å². The van der Waals surface area contributed by atoms with Gasteiger partial charge in [0.2, 0.25) is 5.91 Å². The second-order valence-corrected chi connectivity index (χ2v) is 8.82. The van der Waals surface area contributed by atoms with Gasteiger partial charge in [0.1, 0.15) is 0 Å². The van der Waals surface area contributed by atoms with Crippen molar-refractivity contribution in [3.63, 3.8) is 0 Å². The lowest BCUT2D eigenvalue weighted by molar-refractivity contribution is -0.111. The van der Waals surface area contributed by atoms with Gasteiger partial charge in [0, 0.05) is 38.9 Å². The van der Waals surface area contributed by atoms with Crippen molar-refractivity contribution in [1.82, 2.24) is 4.98 Å². The lowest BCUT2D eigenvalue weighted by Crippen LogP contribution is -2.13. The van der Waals surface area contributed by atoms with Crippen LogP contribution in [0.3, 0.4) is 0 Å². The number of carbonyl (C=O) groups excluding carboxylic acids is 1. The summed E-state index contributed by atoms with van der Waals surface area (Å²) in [6, 6.07) is 10.8. The van der Waals surface area contributed by atoms with Gasteiger partial charge in [0.15, 0.2) is 5.13 Å². The van der Waals surface area contributed by atoms with Crippen LogP contribution in [0, 0.1) is 0 Å². The number of benzene rings is 2. The molecule has 0 spiro atoms. The first-order valence-electron chi connectivity index (χ1n) is 7.80. The van der Waals surface area contributed by atoms with Crippen LogP contribution in [0.25, 0.3) is 6.08 Å². The lowest BCUT2D eigenvalue weighted by atomic mass is 10.2. The topological polar surface area (TPSA) is 88.2 Å². The highest BCUT2D eigenvalue weighted by atomic mass is 35.5. The number of nitrogens with one attached hydrogen (secondary N) is 2. The van der Waals surface area contributed by atoms with Crippen molar-refractivity contribution in [3.05, 3.63) is 75.7 Å². The zero-order valence-electron chi connectivity index (χ0n) is 14.1. The van der Waals surface area contributed by atoms with Crippen LogP contribution in [0.15, 0.2) is 65.0 Å². The van der Waals surface area contributed by atoms with Gasteiger partial charge in [-0.15, -0.1) is 11.3 Å². The van der Waals surface area contributed by atoms with Crippen LogP contribution in [0.4, 0.5) is 10.8 Å². The normalized spacial score (nSPS) is 11.5. The highest BCUT2D eigenvalue weighted by molar-refractivity contribution is 7.93. The van der Waals surface area contributed by atoms with Crippen LogP contribution < -0.4 is 10.0 Å². The molecule has 144 valence electrons. The maximum absolute atomic E-state index is 12.3. The van der Waals surface area contributed by atoms with Crippen molar-refractivity contribution >= 4 is 67.4 Å². The molecule has 0 saturated heterocycles. The first-order chi connectivity index (χ1) is 13.3. The molecule has 1 heterocycles. The summed E-state index contributed by atoms with van der Waals surface area (Å²) in [4.78, 5) is 16.0. The van der Waals surface area contributed by atoms with E-state index in [2.05, 4.69) is 15.0 Å². The fourth-order valence-electron chi connectivity index (χ4n) is 2.18. The Hall–Kier alpha value is -2.39. The van der Waals surface area contributed by atoms with Crippen LogP contribution in [0.5, 0.6) is 0 Å². The molecule has 2 aromatic carbocycles. The van der Waals surface area contributed by atoms with Gasteiger partial charge in [0.05, 0.1) is 4.90 Å². The van der Waals surface area contributed by atoms with E-state index in [4.69, 9.17) is 23.2 Å². The molecule has 1 amide bonds. The van der Waals surface area contributed by atoms with Crippen molar-refractivity contribution in [2.24, 2.45) is 0 Å². The van der Waals surface area contributed by atoms with Gasteiger partial charge in [-0.05, 0) is 42.5 Å². The summed E-state index contributed by atoms with van der Waals surface area (Å²) in [5.74, 6) is -0.410. The summed E-state index contributed by atoms with van der Waals surface area (Å²) in [6.07, 6.45) is 4.31. The molecule has 3 rings (SSSR count). The SMILES string of the molecule is O=C(C=Cc1c(Cl)cccc1Cl)Nc1ccc(S(=O)(=O)Nc2nccs2)cc1. The molecule has 28 heavy (non-hydrogen) atoms. The molecule has 0 unspecified atom stereocenters. The van der Waals surface area contributed by atoms with Crippen LogP contribution in [0.2, 0.25) is 10.0 Å². The van der Waals surface area contributed by atoms with Crippen LogP contribution in [-0.4, -0.2) is 19.3 Å². The molecule has 6 nitrogen and oxygen atoms in total.